The van der Waals surface area contributed by atoms with Crippen LogP contribution in [0.5, 0.6) is 0 Å². The normalized spacial score (nSPS) is 27.4. The van der Waals surface area contributed by atoms with Crippen LogP contribution in [0.25, 0.3) is 0 Å². The molecule has 0 bridgehead atoms. The summed E-state index contributed by atoms with van der Waals surface area (Å²) in [6, 6.07) is 6.78. The number of hydrogen-bond acceptors (Lipinski definition) is 3. The molecule has 0 fully saturated rings. The van der Waals surface area contributed by atoms with Crippen LogP contribution in [0.1, 0.15) is 32.8 Å². The van der Waals surface area contributed by atoms with Gasteiger partial charge in [0.05, 0.1) is 0 Å². The number of nitrogens with two attached hydrogens (primary N) is 2. The van der Waals surface area contributed by atoms with Crippen LogP contribution in [0.15, 0.2) is 42.1 Å². The van der Waals surface area contributed by atoms with Crippen molar-refractivity contribution in [3.63, 3.8) is 0 Å². The maximum Gasteiger partial charge on any atom is 0.0453 e. The second-order valence-electron chi connectivity index (χ2n) is 6.43. The van der Waals surface area contributed by atoms with Crippen LogP contribution >= 0.6 is 0 Å². The first-order valence-electron chi connectivity index (χ1n) is 7.24. The Morgan fingerprint density at radius 1 is 1.30 bits per heavy atom. The SMILES string of the molecule is CC1N(C2=CCC(N)C=C2)c2ccc(N)cc2C1(C)C. The van der Waals surface area contributed by atoms with E-state index < -0.39 is 0 Å². The molecule has 0 amide bonds. The van der Waals surface area contributed by atoms with E-state index in [4.69, 9.17) is 11.5 Å². The van der Waals surface area contributed by atoms with Crippen molar-refractivity contribution in [2.45, 2.75) is 44.7 Å². The molecule has 0 saturated heterocycles. The fraction of sp³-hybridized carbons (Fsp3) is 0.412. The lowest BCUT2D eigenvalue weighted by atomic mass is 9.81. The highest BCUT2D eigenvalue weighted by atomic mass is 15.2. The molecule has 3 heteroatoms. The number of allylic oxidation sites excluding steroid dienone is 1. The van der Waals surface area contributed by atoms with Gasteiger partial charge in [0.15, 0.2) is 0 Å². The van der Waals surface area contributed by atoms with Crippen LogP contribution in [0.4, 0.5) is 11.4 Å². The molecule has 2 aliphatic rings. The van der Waals surface area contributed by atoms with Gasteiger partial charge in [-0.15, -0.1) is 0 Å². The maximum atomic E-state index is 5.98. The molecular formula is C17H23N3. The minimum atomic E-state index is 0.0823. The summed E-state index contributed by atoms with van der Waals surface area (Å²) in [5, 5.41) is 0. The van der Waals surface area contributed by atoms with E-state index in [1.54, 1.807) is 0 Å². The van der Waals surface area contributed by atoms with E-state index in [1.807, 2.05) is 6.07 Å². The van der Waals surface area contributed by atoms with Crippen LogP contribution < -0.4 is 16.4 Å². The topological polar surface area (TPSA) is 55.3 Å². The molecular weight excluding hydrogens is 246 g/mol. The van der Waals surface area contributed by atoms with Crippen molar-refractivity contribution in [3.05, 3.63) is 47.7 Å². The van der Waals surface area contributed by atoms with Crippen LogP contribution in [0.2, 0.25) is 0 Å². The summed E-state index contributed by atoms with van der Waals surface area (Å²) in [7, 11) is 0. The summed E-state index contributed by atoms with van der Waals surface area (Å²) in [5.41, 5.74) is 16.7. The van der Waals surface area contributed by atoms with Gasteiger partial charge in [-0.2, -0.15) is 0 Å². The van der Waals surface area contributed by atoms with E-state index in [0.717, 1.165) is 12.1 Å². The molecule has 4 N–H and O–H groups in total. The number of rotatable bonds is 1. The average molecular weight is 269 g/mol. The molecule has 1 aliphatic heterocycles. The first-order chi connectivity index (χ1) is 9.41. The third kappa shape index (κ3) is 1.85. The summed E-state index contributed by atoms with van der Waals surface area (Å²) >= 11 is 0. The van der Waals surface area contributed by atoms with Crippen molar-refractivity contribution in [2.24, 2.45) is 5.73 Å². The molecule has 106 valence electrons. The van der Waals surface area contributed by atoms with Gasteiger partial charge in [0.2, 0.25) is 0 Å². The highest BCUT2D eigenvalue weighted by molar-refractivity contribution is 5.71. The van der Waals surface area contributed by atoms with Crippen molar-refractivity contribution < 1.29 is 0 Å². The molecule has 2 unspecified atom stereocenters. The number of fused-ring (bicyclic) bond motifs is 1. The molecule has 3 rings (SSSR count). The van der Waals surface area contributed by atoms with Gasteiger partial charge in [-0.05, 0) is 43.2 Å². The largest absolute Gasteiger partial charge is 0.399 e. The lowest BCUT2D eigenvalue weighted by molar-refractivity contribution is 0.456. The Labute approximate surface area is 120 Å². The molecule has 2 atom stereocenters. The summed E-state index contributed by atoms with van der Waals surface area (Å²) in [6.45, 7) is 6.85. The molecule has 1 aromatic rings. The van der Waals surface area contributed by atoms with E-state index in [9.17, 15) is 0 Å². The van der Waals surface area contributed by atoms with Crippen molar-refractivity contribution in [3.8, 4) is 0 Å². The molecule has 0 saturated carbocycles. The van der Waals surface area contributed by atoms with Gasteiger partial charge in [0, 0.05) is 34.6 Å². The van der Waals surface area contributed by atoms with Gasteiger partial charge in [0.1, 0.15) is 0 Å². The first kappa shape index (κ1) is 13.3. The lowest BCUT2D eigenvalue weighted by Gasteiger charge is -2.33. The van der Waals surface area contributed by atoms with E-state index in [1.165, 1.54) is 16.9 Å². The maximum absolute atomic E-state index is 5.98. The molecule has 1 aliphatic carbocycles. The number of nitrogens with zero attached hydrogens (tertiary/aromatic N) is 1. The molecule has 0 spiro atoms. The Hall–Kier alpha value is -1.74. The fourth-order valence-corrected chi connectivity index (χ4v) is 3.20. The van der Waals surface area contributed by atoms with E-state index in [-0.39, 0.29) is 11.5 Å². The zero-order valence-electron chi connectivity index (χ0n) is 12.4. The number of nitrogen functional groups attached to an aromatic ring is 1. The highest BCUT2D eigenvalue weighted by Crippen LogP contribution is 2.47. The molecule has 1 aromatic carbocycles. The van der Waals surface area contributed by atoms with Gasteiger partial charge < -0.3 is 16.4 Å². The Kier molecular flexibility index (Phi) is 2.91. The van der Waals surface area contributed by atoms with Crippen LogP contribution in [0, 0.1) is 0 Å². The Balaban J connectivity index is 2.08. The summed E-state index contributed by atoms with van der Waals surface area (Å²) in [4.78, 5) is 2.41. The molecule has 0 radical (unpaired) electrons. The summed E-state index contributed by atoms with van der Waals surface area (Å²) in [5.74, 6) is 0. The summed E-state index contributed by atoms with van der Waals surface area (Å²) < 4.78 is 0. The second-order valence-corrected chi connectivity index (χ2v) is 6.43. The molecule has 1 heterocycles. The predicted octanol–water partition coefficient (Wildman–Crippen LogP) is 2.93. The van der Waals surface area contributed by atoms with Crippen LogP contribution in [-0.2, 0) is 5.41 Å². The minimum Gasteiger partial charge on any atom is -0.399 e. The second kappa shape index (κ2) is 4.38. The van der Waals surface area contributed by atoms with Gasteiger partial charge in [-0.1, -0.05) is 26.0 Å². The van der Waals surface area contributed by atoms with Crippen LogP contribution in [0.3, 0.4) is 0 Å². The highest BCUT2D eigenvalue weighted by Gasteiger charge is 2.42. The van der Waals surface area contributed by atoms with E-state index >= 15 is 0 Å². The third-order valence-electron chi connectivity index (χ3n) is 4.80. The lowest BCUT2D eigenvalue weighted by Crippen LogP contribution is -2.38. The van der Waals surface area contributed by atoms with E-state index in [0.29, 0.717) is 6.04 Å². The number of benzene rings is 1. The number of hydrogen-bond donors (Lipinski definition) is 2. The van der Waals surface area contributed by atoms with Crippen LogP contribution in [-0.4, -0.2) is 12.1 Å². The minimum absolute atomic E-state index is 0.0823. The third-order valence-corrected chi connectivity index (χ3v) is 4.80. The molecule has 0 aromatic heterocycles. The molecule has 3 nitrogen and oxygen atoms in total. The van der Waals surface area contributed by atoms with E-state index in [2.05, 4.69) is 56.0 Å². The number of anilines is 2. The average Bonchev–Trinajstić information content (AvgIpc) is 2.60. The zero-order valence-corrected chi connectivity index (χ0v) is 12.4. The first-order valence-corrected chi connectivity index (χ1v) is 7.24. The van der Waals surface area contributed by atoms with Crippen molar-refractivity contribution in [1.29, 1.82) is 0 Å². The predicted molar refractivity (Wildman–Crippen MR) is 85.6 cm³/mol. The molecule has 20 heavy (non-hydrogen) atoms. The van der Waals surface area contributed by atoms with Crippen molar-refractivity contribution in [2.75, 3.05) is 10.6 Å². The smallest absolute Gasteiger partial charge is 0.0453 e. The van der Waals surface area contributed by atoms with Gasteiger partial charge >= 0.3 is 0 Å². The van der Waals surface area contributed by atoms with Crippen molar-refractivity contribution in [1.82, 2.24) is 0 Å². The van der Waals surface area contributed by atoms with Crippen molar-refractivity contribution >= 4 is 11.4 Å². The Bertz CT molecular complexity index is 598. The van der Waals surface area contributed by atoms with Gasteiger partial charge in [-0.3, -0.25) is 0 Å². The Morgan fingerprint density at radius 2 is 2.05 bits per heavy atom. The zero-order chi connectivity index (χ0) is 14.5. The Morgan fingerprint density at radius 3 is 2.70 bits per heavy atom. The summed E-state index contributed by atoms with van der Waals surface area (Å²) in [6.07, 6.45) is 7.37. The fourth-order valence-electron chi connectivity index (χ4n) is 3.20. The monoisotopic (exact) mass is 269 g/mol. The standard InChI is InChI=1S/C17H23N3/c1-11-17(2,3)15-10-13(19)6-9-16(15)20(11)14-7-4-12(18)5-8-14/h4,6-12H,5,18-19H2,1-3H3. The van der Waals surface area contributed by atoms with Gasteiger partial charge in [-0.25, -0.2) is 0 Å². The van der Waals surface area contributed by atoms with Gasteiger partial charge in [0.25, 0.3) is 0 Å². The quantitative estimate of drug-likeness (QED) is 0.771.